The van der Waals surface area contributed by atoms with E-state index in [0.29, 0.717) is 5.69 Å². The number of halogens is 2. The Kier molecular flexibility index (Phi) is 6.13. The molecule has 2 aromatic rings. The molecule has 0 aliphatic carbocycles. The first kappa shape index (κ1) is 19.2. The zero-order valence-corrected chi connectivity index (χ0v) is 14.3. The van der Waals surface area contributed by atoms with Gasteiger partial charge in [-0.1, -0.05) is 17.7 Å². The summed E-state index contributed by atoms with van der Waals surface area (Å²) in [5.74, 6) is -2.22. The minimum absolute atomic E-state index is 0.0880. The summed E-state index contributed by atoms with van der Waals surface area (Å²) >= 11 is 5.64. The third-order valence-corrected chi connectivity index (χ3v) is 3.44. The van der Waals surface area contributed by atoms with Crippen molar-refractivity contribution in [1.82, 2.24) is 0 Å². The van der Waals surface area contributed by atoms with E-state index in [4.69, 9.17) is 22.1 Å². The smallest absolute Gasteiger partial charge is 0.338 e. The lowest BCUT2D eigenvalue weighted by molar-refractivity contribution is -0.123. The number of hydrogen-bond donors (Lipinski definition) is 3. The highest BCUT2D eigenvalue weighted by Gasteiger charge is 2.20. The Bertz CT molecular complexity index is 860. The van der Waals surface area contributed by atoms with Crippen LogP contribution in [0.2, 0.25) is 5.02 Å². The van der Waals surface area contributed by atoms with E-state index in [1.807, 2.05) is 0 Å². The second kappa shape index (κ2) is 8.30. The van der Waals surface area contributed by atoms with Crippen LogP contribution in [0.25, 0.3) is 0 Å². The van der Waals surface area contributed by atoms with E-state index in [-0.39, 0.29) is 16.3 Å². The minimum Gasteiger partial charge on any atom is -0.449 e. The lowest BCUT2D eigenvalue weighted by Crippen LogP contribution is -2.30. The van der Waals surface area contributed by atoms with Crippen molar-refractivity contribution < 1.29 is 23.5 Å². The van der Waals surface area contributed by atoms with Gasteiger partial charge in [0.05, 0.1) is 11.3 Å². The van der Waals surface area contributed by atoms with E-state index >= 15 is 0 Å². The maximum absolute atomic E-state index is 13.7. The molecule has 3 amide bonds. The number of hydrogen-bond acceptors (Lipinski definition) is 4. The van der Waals surface area contributed by atoms with E-state index in [1.54, 1.807) is 0 Å². The molecule has 0 unspecified atom stereocenters. The van der Waals surface area contributed by atoms with Crippen molar-refractivity contribution in [2.75, 3.05) is 10.6 Å². The lowest BCUT2D eigenvalue weighted by atomic mass is 10.2. The molecule has 4 N–H and O–H groups in total. The number of nitrogens with one attached hydrogen (secondary N) is 2. The quantitative estimate of drug-likeness (QED) is 0.693. The number of rotatable bonds is 5. The van der Waals surface area contributed by atoms with Gasteiger partial charge in [-0.2, -0.15) is 0 Å². The van der Waals surface area contributed by atoms with E-state index in [9.17, 15) is 18.8 Å². The molecule has 0 aliphatic rings. The summed E-state index contributed by atoms with van der Waals surface area (Å²) in [5, 5.41) is 4.81. The molecule has 7 nitrogen and oxygen atoms in total. The normalized spacial score (nSPS) is 11.3. The van der Waals surface area contributed by atoms with Crippen LogP contribution in [-0.4, -0.2) is 24.0 Å². The summed E-state index contributed by atoms with van der Waals surface area (Å²) in [5.41, 5.74) is 5.32. The van der Waals surface area contributed by atoms with Gasteiger partial charge in [0.25, 0.3) is 5.91 Å². The lowest BCUT2D eigenvalue weighted by Gasteiger charge is -2.14. The summed E-state index contributed by atoms with van der Waals surface area (Å²) in [4.78, 5) is 35.0. The number of anilines is 2. The number of ether oxygens (including phenoxy) is 1. The third kappa shape index (κ3) is 5.18. The van der Waals surface area contributed by atoms with Gasteiger partial charge in [-0.05, 0) is 43.3 Å². The first-order valence-electron chi connectivity index (χ1n) is 7.39. The van der Waals surface area contributed by atoms with Crippen LogP contribution in [-0.2, 0) is 9.53 Å². The van der Waals surface area contributed by atoms with Crippen molar-refractivity contribution in [2.24, 2.45) is 5.73 Å². The van der Waals surface area contributed by atoms with Crippen molar-refractivity contribution in [3.63, 3.8) is 0 Å². The van der Waals surface area contributed by atoms with Crippen LogP contribution in [0.1, 0.15) is 17.3 Å². The number of urea groups is 1. The summed E-state index contributed by atoms with van der Waals surface area (Å²) < 4.78 is 18.7. The van der Waals surface area contributed by atoms with Crippen molar-refractivity contribution in [1.29, 1.82) is 0 Å². The fraction of sp³-hybridized carbons (Fsp3) is 0.118. The molecule has 0 bridgehead atoms. The minimum atomic E-state index is -1.19. The van der Waals surface area contributed by atoms with Gasteiger partial charge in [0.1, 0.15) is 5.82 Å². The average molecular weight is 380 g/mol. The average Bonchev–Trinajstić information content (AvgIpc) is 2.56. The highest BCUT2D eigenvalue weighted by molar-refractivity contribution is 6.30. The number of nitrogens with two attached hydrogens (primary N) is 1. The van der Waals surface area contributed by atoms with Crippen LogP contribution in [0.4, 0.5) is 20.6 Å². The van der Waals surface area contributed by atoms with Crippen LogP contribution in [0.5, 0.6) is 0 Å². The Morgan fingerprint density at radius 3 is 2.54 bits per heavy atom. The fourth-order valence-corrected chi connectivity index (χ4v) is 2.13. The zero-order valence-electron chi connectivity index (χ0n) is 13.6. The van der Waals surface area contributed by atoms with Gasteiger partial charge in [-0.25, -0.2) is 14.0 Å². The van der Waals surface area contributed by atoms with Crippen molar-refractivity contribution in [2.45, 2.75) is 13.0 Å². The Hall–Kier alpha value is -3.13. The molecule has 0 saturated carbocycles. The molecule has 9 heteroatoms. The largest absolute Gasteiger partial charge is 0.449 e. The van der Waals surface area contributed by atoms with Crippen LogP contribution >= 0.6 is 11.6 Å². The molecule has 136 valence electrons. The summed E-state index contributed by atoms with van der Waals surface area (Å²) in [6.45, 7) is 1.34. The fourth-order valence-electron chi connectivity index (χ4n) is 1.97. The van der Waals surface area contributed by atoms with Gasteiger partial charge >= 0.3 is 12.0 Å². The number of carbonyl (C=O) groups is 3. The Morgan fingerprint density at radius 1 is 1.15 bits per heavy atom. The van der Waals surface area contributed by atoms with E-state index in [1.165, 1.54) is 43.3 Å². The Balaban J connectivity index is 2.01. The SMILES string of the molecule is C[C@@H](OC(=O)c1cccc(NC(N)=O)c1)C(=O)Nc1ccc(Cl)cc1F. The number of primary amides is 1. The van der Waals surface area contributed by atoms with Gasteiger partial charge in [0, 0.05) is 10.7 Å². The zero-order chi connectivity index (χ0) is 19.3. The maximum atomic E-state index is 13.7. The van der Waals surface area contributed by atoms with Gasteiger partial charge in [-0.3, -0.25) is 4.79 Å². The molecule has 2 aromatic carbocycles. The number of benzene rings is 2. The van der Waals surface area contributed by atoms with Crippen molar-refractivity contribution in [3.8, 4) is 0 Å². The molecule has 0 aromatic heterocycles. The predicted octanol–water partition coefficient (Wildman–Crippen LogP) is 3.15. The summed E-state index contributed by atoms with van der Waals surface area (Å²) in [6, 6.07) is 8.79. The molecular formula is C17H15ClFN3O4. The van der Waals surface area contributed by atoms with Crippen molar-refractivity contribution >= 4 is 40.9 Å². The van der Waals surface area contributed by atoms with Crippen LogP contribution < -0.4 is 16.4 Å². The van der Waals surface area contributed by atoms with Gasteiger partial charge < -0.3 is 21.1 Å². The molecule has 0 fully saturated rings. The monoisotopic (exact) mass is 379 g/mol. The topological polar surface area (TPSA) is 111 Å². The molecule has 0 heterocycles. The Morgan fingerprint density at radius 2 is 1.88 bits per heavy atom. The third-order valence-electron chi connectivity index (χ3n) is 3.21. The standard InChI is InChI=1S/C17H15ClFN3O4/c1-9(15(23)22-14-6-5-11(18)8-13(14)19)26-16(24)10-3-2-4-12(7-10)21-17(20)25/h2-9H,1H3,(H,22,23)(H3,20,21,25)/t9-/m1/s1. The Labute approximate surface area is 153 Å². The number of amides is 3. The van der Waals surface area contributed by atoms with Gasteiger partial charge in [0.15, 0.2) is 6.10 Å². The second-order valence-electron chi connectivity index (χ2n) is 5.23. The van der Waals surface area contributed by atoms with E-state index in [2.05, 4.69) is 10.6 Å². The maximum Gasteiger partial charge on any atom is 0.338 e. The van der Waals surface area contributed by atoms with E-state index < -0.39 is 29.8 Å². The summed E-state index contributed by atoms with van der Waals surface area (Å²) in [7, 11) is 0. The molecule has 26 heavy (non-hydrogen) atoms. The molecule has 0 aliphatic heterocycles. The van der Waals surface area contributed by atoms with Gasteiger partial charge in [-0.15, -0.1) is 0 Å². The molecule has 1 atom stereocenters. The first-order chi connectivity index (χ1) is 12.3. The molecule has 0 spiro atoms. The first-order valence-corrected chi connectivity index (χ1v) is 7.77. The predicted molar refractivity (Wildman–Crippen MR) is 94.6 cm³/mol. The van der Waals surface area contributed by atoms with E-state index in [0.717, 1.165) is 6.07 Å². The number of carbonyl (C=O) groups excluding carboxylic acids is 3. The van der Waals surface area contributed by atoms with Crippen LogP contribution in [0.3, 0.4) is 0 Å². The molecular weight excluding hydrogens is 365 g/mol. The van der Waals surface area contributed by atoms with Crippen LogP contribution in [0.15, 0.2) is 42.5 Å². The second-order valence-corrected chi connectivity index (χ2v) is 5.67. The van der Waals surface area contributed by atoms with Crippen molar-refractivity contribution in [3.05, 3.63) is 58.9 Å². The molecule has 2 rings (SSSR count). The molecule has 0 radical (unpaired) electrons. The highest BCUT2D eigenvalue weighted by Crippen LogP contribution is 2.19. The molecule has 0 saturated heterocycles. The summed E-state index contributed by atoms with van der Waals surface area (Å²) in [6.07, 6.45) is -1.19. The van der Waals surface area contributed by atoms with Crippen LogP contribution in [0, 0.1) is 5.82 Å². The number of esters is 1. The highest BCUT2D eigenvalue weighted by atomic mass is 35.5. The van der Waals surface area contributed by atoms with Gasteiger partial charge in [0.2, 0.25) is 0 Å².